The number of aromatic nitrogens is 3. The van der Waals surface area contributed by atoms with E-state index in [1.807, 2.05) is 36.4 Å². The van der Waals surface area contributed by atoms with Gasteiger partial charge in [-0.3, -0.25) is 4.98 Å². The number of nitrogens with zero attached hydrogens (tertiary/aromatic N) is 4. The number of benzene rings is 1. The summed E-state index contributed by atoms with van der Waals surface area (Å²) in [6.07, 6.45) is 4.07. The Morgan fingerprint density at radius 3 is 2.71 bits per heavy atom. The number of carbonyl (C=O) groups is 1. The number of fused-ring (bicyclic) bond motifs is 1. The molecule has 2 aromatic heterocycles. The Hall–Kier alpha value is -3.62. The fraction of sp³-hybridized carbons (Fsp3) is 0.364. The van der Waals surface area contributed by atoms with Gasteiger partial charge in [0.2, 0.25) is 11.7 Å². The van der Waals surface area contributed by atoms with E-state index in [0.29, 0.717) is 60.9 Å². The lowest BCUT2D eigenvalue weighted by atomic mass is 9.97. The SMILES string of the molecule is O=C(Nc1ccc2c(c1)OCCCO2)N1CCC(c2nc(-c3ccccn3)no2)CC1. The van der Waals surface area contributed by atoms with E-state index in [9.17, 15) is 4.79 Å². The molecular weight excluding hydrogens is 398 g/mol. The van der Waals surface area contributed by atoms with Gasteiger partial charge in [-0.05, 0) is 37.1 Å². The molecule has 0 atom stereocenters. The average molecular weight is 421 g/mol. The van der Waals surface area contributed by atoms with Crippen LogP contribution in [0.1, 0.15) is 31.1 Å². The smallest absolute Gasteiger partial charge is 0.321 e. The van der Waals surface area contributed by atoms with Gasteiger partial charge < -0.3 is 24.2 Å². The molecule has 0 bridgehead atoms. The largest absolute Gasteiger partial charge is 0.490 e. The summed E-state index contributed by atoms with van der Waals surface area (Å²) < 4.78 is 16.8. The van der Waals surface area contributed by atoms with E-state index in [-0.39, 0.29) is 11.9 Å². The third-order valence-electron chi connectivity index (χ3n) is 5.47. The molecule has 1 saturated heterocycles. The maximum atomic E-state index is 12.7. The van der Waals surface area contributed by atoms with E-state index >= 15 is 0 Å². The van der Waals surface area contributed by atoms with Crippen LogP contribution in [0.2, 0.25) is 0 Å². The minimum atomic E-state index is -0.132. The van der Waals surface area contributed by atoms with Gasteiger partial charge in [-0.15, -0.1) is 0 Å². The molecule has 2 aliphatic rings. The Bertz CT molecular complexity index is 1050. The first-order chi connectivity index (χ1) is 15.3. The maximum Gasteiger partial charge on any atom is 0.321 e. The molecule has 9 nitrogen and oxygen atoms in total. The quantitative estimate of drug-likeness (QED) is 0.688. The van der Waals surface area contributed by atoms with E-state index in [4.69, 9.17) is 14.0 Å². The predicted molar refractivity (Wildman–Crippen MR) is 112 cm³/mol. The number of pyridine rings is 1. The lowest BCUT2D eigenvalue weighted by Gasteiger charge is -2.30. The Kier molecular flexibility index (Phi) is 5.39. The van der Waals surface area contributed by atoms with Crippen molar-refractivity contribution in [2.75, 3.05) is 31.6 Å². The molecule has 0 aliphatic carbocycles. The van der Waals surface area contributed by atoms with Crippen LogP contribution in [0.5, 0.6) is 11.5 Å². The second-order valence-electron chi connectivity index (χ2n) is 7.57. The highest BCUT2D eigenvalue weighted by Crippen LogP contribution is 2.33. The Morgan fingerprint density at radius 1 is 1.06 bits per heavy atom. The summed E-state index contributed by atoms with van der Waals surface area (Å²) in [7, 11) is 0. The third-order valence-corrected chi connectivity index (χ3v) is 5.47. The van der Waals surface area contributed by atoms with Crippen LogP contribution in [-0.2, 0) is 0 Å². The lowest BCUT2D eigenvalue weighted by molar-refractivity contribution is 0.187. The molecule has 31 heavy (non-hydrogen) atoms. The van der Waals surface area contributed by atoms with Gasteiger partial charge in [0.15, 0.2) is 11.5 Å². The van der Waals surface area contributed by atoms with E-state index in [0.717, 1.165) is 19.3 Å². The van der Waals surface area contributed by atoms with Crippen LogP contribution < -0.4 is 14.8 Å². The minimum Gasteiger partial charge on any atom is -0.490 e. The van der Waals surface area contributed by atoms with Crippen molar-refractivity contribution in [3.8, 4) is 23.0 Å². The second kappa shape index (κ2) is 8.63. The number of nitrogens with one attached hydrogen (secondary N) is 1. The number of carbonyl (C=O) groups excluding carboxylic acids is 1. The fourth-order valence-corrected chi connectivity index (χ4v) is 3.77. The second-order valence-corrected chi connectivity index (χ2v) is 7.57. The zero-order valence-corrected chi connectivity index (χ0v) is 17.0. The number of ether oxygens (including phenoxy) is 2. The standard InChI is InChI=1S/C22H23N5O4/c28-22(24-16-5-6-18-19(14-16)30-13-3-12-29-18)27-10-7-15(8-11-27)21-25-20(26-31-21)17-4-1-2-9-23-17/h1-2,4-6,9,14-15H,3,7-8,10-13H2,(H,24,28). The highest BCUT2D eigenvalue weighted by molar-refractivity contribution is 5.89. The Labute approximate surface area is 179 Å². The first-order valence-electron chi connectivity index (χ1n) is 10.5. The van der Waals surface area contributed by atoms with E-state index in [1.54, 1.807) is 11.1 Å². The summed E-state index contributed by atoms with van der Waals surface area (Å²) in [6.45, 7) is 2.47. The molecule has 1 fully saturated rings. The van der Waals surface area contributed by atoms with Gasteiger partial charge in [-0.1, -0.05) is 11.2 Å². The van der Waals surface area contributed by atoms with Crippen molar-refractivity contribution in [1.29, 1.82) is 0 Å². The molecule has 9 heteroatoms. The maximum absolute atomic E-state index is 12.7. The first kappa shape index (κ1) is 19.3. The fourth-order valence-electron chi connectivity index (χ4n) is 3.77. The lowest BCUT2D eigenvalue weighted by Crippen LogP contribution is -2.40. The summed E-state index contributed by atoms with van der Waals surface area (Å²) in [5.74, 6) is 2.59. The molecule has 0 radical (unpaired) electrons. The van der Waals surface area contributed by atoms with Gasteiger partial charge in [0.05, 0.1) is 13.2 Å². The van der Waals surface area contributed by atoms with Crippen LogP contribution in [0.4, 0.5) is 10.5 Å². The topological polar surface area (TPSA) is 103 Å². The Balaban J connectivity index is 1.18. The van der Waals surface area contributed by atoms with Crippen LogP contribution in [0.3, 0.4) is 0 Å². The summed E-state index contributed by atoms with van der Waals surface area (Å²) in [6, 6.07) is 10.9. The number of rotatable bonds is 3. The van der Waals surface area contributed by atoms with Crippen LogP contribution >= 0.6 is 0 Å². The van der Waals surface area contributed by atoms with Gasteiger partial charge in [-0.25, -0.2) is 4.79 Å². The van der Waals surface area contributed by atoms with Gasteiger partial charge in [0, 0.05) is 43.4 Å². The molecule has 160 valence electrons. The summed E-state index contributed by atoms with van der Waals surface area (Å²) in [5, 5.41) is 7.00. The molecule has 2 amide bonds. The number of anilines is 1. The number of piperidine rings is 1. The molecule has 1 N–H and O–H groups in total. The zero-order valence-electron chi connectivity index (χ0n) is 17.0. The molecule has 3 aromatic rings. The van der Waals surface area contributed by atoms with Crippen LogP contribution in [0, 0.1) is 0 Å². The predicted octanol–water partition coefficient (Wildman–Crippen LogP) is 3.70. The summed E-state index contributed by atoms with van der Waals surface area (Å²) >= 11 is 0. The van der Waals surface area contributed by atoms with E-state index in [1.165, 1.54) is 0 Å². The molecule has 0 saturated carbocycles. The van der Waals surface area contributed by atoms with Crippen molar-refractivity contribution in [3.05, 3.63) is 48.5 Å². The average Bonchev–Trinajstić information content (AvgIpc) is 3.19. The normalized spacial score (nSPS) is 16.6. The van der Waals surface area contributed by atoms with Crippen molar-refractivity contribution in [2.45, 2.75) is 25.2 Å². The van der Waals surface area contributed by atoms with Crippen molar-refractivity contribution >= 4 is 11.7 Å². The van der Waals surface area contributed by atoms with Crippen molar-refractivity contribution in [2.24, 2.45) is 0 Å². The van der Waals surface area contributed by atoms with E-state index in [2.05, 4.69) is 20.4 Å². The highest BCUT2D eigenvalue weighted by Gasteiger charge is 2.28. The van der Waals surface area contributed by atoms with Crippen molar-refractivity contribution in [3.63, 3.8) is 0 Å². The monoisotopic (exact) mass is 421 g/mol. The Morgan fingerprint density at radius 2 is 1.90 bits per heavy atom. The summed E-state index contributed by atoms with van der Waals surface area (Å²) in [5.41, 5.74) is 1.37. The van der Waals surface area contributed by atoms with Gasteiger partial charge in [0.25, 0.3) is 0 Å². The van der Waals surface area contributed by atoms with Gasteiger partial charge in [-0.2, -0.15) is 4.98 Å². The highest BCUT2D eigenvalue weighted by atomic mass is 16.5. The number of likely N-dealkylation sites (tertiary alicyclic amines) is 1. The number of urea groups is 1. The minimum absolute atomic E-state index is 0.132. The molecule has 1 aromatic carbocycles. The number of hydrogen-bond acceptors (Lipinski definition) is 7. The zero-order chi connectivity index (χ0) is 21.0. The molecule has 2 aliphatic heterocycles. The molecule has 0 unspecified atom stereocenters. The molecule has 5 rings (SSSR count). The molecule has 0 spiro atoms. The van der Waals surface area contributed by atoms with Gasteiger partial charge >= 0.3 is 6.03 Å². The first-order valence-corrected chi connectivity index (χ1v) is 10.5. The van der Waals surface area contributed by atoms with Crippen molar-refractivity contribution < 1.29 is 18.8 Å². The number of amides is 2. The van der Waals surface area contributed by atoms with Crippen LogP contribution in [-0.4, -0.2) is 52.4 Å². The van der Waals surface area contributed by atoms with E-state index < -0.39 is 0 Å². The van der Waals surface area contributed by atoms with Crippen LogP contribution in [0.25, 0.3) is 11.5 Å². The molecule has 4 heterocycles. The molecular formula is C22H23N5O4. The van der Waals surface area contributed by atoms with Gasteiger partial charge in [0.1, 0.15) is 5.69 Å². The number of hydrogen-bond donors (Lipinski definition) is 1. The van der Waals surface area contributed by atoms with Crippen LogP contribution in [0.15, 0.2) is 47.1 Å². The third kappa shape index (κ3) is 4.30. The van der Waals surface area contributed by atoms with Crippen molar-refractivity contribution in [1.82, 2.24) is 20.0 Å². The summed E-state index contributed by atoms with van der Waals surface area (Å²) in [4.78, 5) is 23.3.